The quantitative estimate of drug-likeness (QED) is 0.582. The molecule has 2 aliphatic rings. The van der Waals surface area contributed by atoms with Gasteiger partial charge >= 0.3 is 0 Å². The van der Waals surface area contributed by atoms with Gasteiger partial charge in [0.25, 0.3) is 0 Å². The summed E-state index contributed by atoms with van der Waals surface area (Å²) in [6, 6.07) is 0.588. The van der Waals surface area contributed by atoms with Gasteiger partial charge in [0.1, 0.15) is 0 Å². The highest BCUT2D eigenvalue weighted by molar-refractivity contribution is 7.99. The van der Waals surface area contributed by atoms with Crippen molar-refractivity contribution in [1.82, 2.24) is 25.1 Å². The van der Waals surface area contributed by atoms with Gasteiger partial charge in [-0.05, 0) is 62.2 Å². The van der Waals surface area contributed by atoms with Gasteiger partial charge in [-0.15, -0.1) is 5.10 Å². The van der Waals surface area contributed by atoms with Gasteiger partial charge in [-0.25, -0.2) is 4.68 Å². The molecule has 0 spiro atoms. The molecule has 2 heterocycles. The van der Waals surface area contributed by atoms with Crippen molar-refractivity contribution in [2.24, 2.45) is 0 Å². The van der Waals surface area contributed by atoms with Gasteiger partial charge in [0.2, 0.25) is 5.16 Å². The third-order valence-corrected chi connectivity index (χ3v) is 4.67. The SMILES string of the molecule is C1CCN(CCCSc2nnnn2C2CC2)CC1. The summed E-state index contributed by atoms with van der Waals surface area (Å²) in [7, 11) is 0. The molecule has 1 aliphatic heterocycles. The minimum atomic E-state index is 0.588. The van der Waals surface area contributed by atoms with E-state index in [1.165, 1.54) is 58.2 Å². The Morgan fingerprint density at radius 1 is 1.17 bits per heavy atom. The monoisotopic (exact) mass is 267 g/mol. The average Bonchev–Trinajstić information content (AvgIpc) is 3.16. The van der Waals surface area contributed by atoms with Crippen LogP contribution >= 0.6 is 11.8 Å². The molecular weight excluding hydrogens is 246 g/mol. The topological polar surface area (TPSA) is 46.8 Å². The van der Waals surface area contributed by atoms with E-state index >= 15 is 0 Å². The molecule has 2 fully saturated rings. The van der Waals surface area contributed by atoms with E-state index in [2.05, 4.69) is 20.4 Å². The van der Waals surface area contributed by atoms with Gasteiger partial charge in [0.15, 0.2) is 0 Å². The molecule has 0 N–H and O–H groups in total. The number of hydrogen-bond donors (Lipinski definition) is 0. The smallest absolute Gasteiger partial charge is 0.209 e. The molecule has 3 rings (SSSR count). The minimum absolute atomic E-state index is 0.588. The summed E-state index contributed by atoms with van der Waals surface area (Å²) in [5.41, 5.74) is 0. The fourth-order valence-electron chi connectivity index (χ4n) is 2.46. The standard InChI is InChI=1S/C12H21N5S/c1-2-7-16(8-3-1)9-4-10-18-12-13-14-15-17(12)11-5-6-11/h11H,1-10H2. The van der Waals surface area contributed by atoms with Crippen molar-refractivity contribution in [1.29, 1.82) is 0 Å². The highest BCUT2D eigenvalue weighted by atomic mass is 32.2. The molecule has 100 valence electrons. The maximum Gasteiger partial charge on any atom is 0.209 e. The summed E-state index contributed by atoms with van der Waals surface area (Å²) >= 11 is 1.81. The van der Waals surface area contributed by atoms with Crippen LogP contribution in [0.15, 0.2) is 5.16 Å². The molecule has 0 radical (unpaired) electrons. The van der Waals surface area contributed by atoms with E-state index in [0.29, 0.717) is 6.04 Å². The van der Waals surface area contributed by atoms with Gasteiger partial charge in [-0.1, -0.05) is 18.2 Å². The Kier molecular flexibility index (Phi) is 4.15. The number of piperidine rings is 1. The van der Waals surface area contributed by atoms with Gasteiger partial charge in [-0.2, -0.15) is 0 Å². The molecule has 6 heteroatoms. The lowest BCUT2D eigenvalue weighted by molar-refractivity contribution is 0.230. The Balaban J connectivity index is 1.37. The number of nitrogens with zero attached hydrogens (tertiary/aromatic N) is 5. The maximum absolute atomic E-state index is 4.11. The van der Waals surface area contributed by atoms with Crippen LogP contribution in [-0.4, -0.2) is 50.5 Å². The van der Waals surface area contributed by atoms with Crippen LogP contribution < -0.4 is 0 Å². The zero-order valence-electron chi connectivity index (χ0n) is 10.8. The summed E-state index contributed by atoms with van der Waals surface area (Å²) < 4.78 is 2.01. The second-order valence-electron chi connectivity index (χ2n) is 5.24. The van der Waals surface area contributed by atoms with Crippen LogP contribution in [-0.2, 0) is 0 Å². The maximum atomic E-state index is 4.11. The molecule has 18 heavy (non-hydrogen) atoms. The zero-order valence-corrected chi connectivity index (χ0v) is 11.6. The van der Waals surface area contributed by atoms with E-state index in [1.54, 1.807) is 0 Å². The Morgan fingerprint density at radius 2 is 2.00 bits per heavy atom. The summed E-state index contributed by atoms with van der Waals surface area (Å²) in [6.45, 7) is 3.83. The van der Waals surface area contributed by atoms with Crippen LogP contribution in [0, 0.1) is 0 Å². The first-order chi connectivity index (χ1) is 8.93. The van der Waals surface area contributed by atoms with Crippen molar-refractivity contribution in [3.8, 4) is 0 Å². The second kappa shape index (κ2) is 6.02. The molecule has 0 amide bonds. The third kappa shape index (κ3) is 3.23. The summed E-state index contributed by atoms with van der Waals surface area (Å²) in [6.07, 6.45) is 7.91. The first-order valence-corrected chi connectivity index (χ1v) is 8.05. The fraction of sp³-hybridized carbons (Fsp3) is 0.917. The molecule has 1 aliphatic carbocycles. The van der Waals surface area contributed by atoms with Crippen LogP contribution in [0.4, 0.5) is 0 Å². The van der Waals surface area contributed by atoms with E-state index in [0.717, 1.165) is 10.9 Å². The average molecular weight is 267 g/mol. The number of thioether (sulfide) groups is 1. The highest BCUT2D eigenvalue weighted by Gasteiger charge is 2.27. The van der Waals surface area contributed by atoms with Gasteiger partial charge in [0, 0.05) is 5.75 Å². The van der Waals surface area contributed by atoms with Crippen LogP contribution in [0.1, 0.15) is 44.6 Å². The molecule has 0 bridgehead atoms. The lowest BCUT2D eigenvalue weighted by atomic mass is 10.1. The minimum Gasteiger partial charge on any atom is -0.303 e. The van der Waals surface area contributed by atoms with E-state index < -0.39 is 0 Å². The van der Waals surface area contributed by atoms with E-state index in [-0.39, 0.29) is 0 Å². The molecule has 1 saturated carbocycles. The lowest BCUT2D eigenvalue weighted by Crippen LogP contribution is -2.30. The molecule has 0 aromatic carbocycles. The summed E-state index contributed by atoms with van der Waals surface area (Å²) in [5, 5.41) is 13.0. The van der Waals surface area contributed by atoms with Crippen molar-refractivity contribution in [2.75, 3.05) is 25.4 Å². The van der Waals surface area contributed by atoms with Crippen molar-refractivity contribution in [3.63, 3.8) is 0 Å². The lowest BCUT2D eigenvalue weighted by Gasteiger charge is -2.26. The van der Waals surface area contributed by atoms with E-state index in [4.69, 9.17) is 0 Å². The Hall–Kier alpha value is -0.620. The van der Waals surface area contributed by atoms with Crippen molar-refractivity contribution < 1.29 is 0 Å². The molecule has 0 atom stereocenters. The predicted molar refractivity (Wildman–Crippen MR) is 71.7 cm³/mol. The van der Waals surface area contributed by atoms with E-state index in [9.17, 15) is 0 Å². The van der Waals surface area contributed by atoms with Gasteiger partial charge in [0.05, 0.1) is 6.04 Å². The third-order valence-electron chi connectivity index (χ3n) is 3.65. The summed E-state index contributed by atoms with van der Waals surface area (Å²) in [5.74, 6) is 1.13. The van der Waals surface area contributed by atoms with E-state index in [1.807, 2.05) is 16.4 Å². The van der Waals surface area contributed by atoms with Crippen LogP contribution in [0.25, 0.3) is 0 Å². The first-order valence-electron chi connectivity index (χ1n) is 7.06. The van der Waals surface area contributed by atoms with Gasteiger partial charge < -0.3 is 4.90 Å². The molecular formula is C12H21N5S. The number of tetrazole rings is 1. The normalized spacial score (nSPS) is 21.3. The number of rotatable bonds is 6. The fourth-order valence-corrected chi connectivity index (χ4v) is 3.33. The number of aromatic nitrogens is 4. The molecule has 5 nitrogen and oxygen atoms in total. The largest absolute Gasteiger partial charge is 0.303 e. The second-order valence-corrected chi connectivity index (χ2v) is 6.30. The van der Waals surface area contributed by atoms with Crippen LogP contribution in [0.2, 0.25) is 0 Å². The van der Waals surface area contributed by atoms with Crippen molar-refractivity contribution in [2.45, 2.75) is 49.7 Å². The Morgan fingerprint density at radius 3 is 2.78 bits per heavy atom. The number of likely N-dealkylation sites (tertiary alicyclic amines) is 1. The summed E-state index contributed by atoms with van der Waals surface area (Å²) in [4.78, 5) is 2.59. The predicted octanol–water partition coefficient (Wildman–Crippen LogP) is 1.98. The van der Waals surface area contributed by atoms with Gasteiger partial charge in [-0.3, -0.25) is 0 Å². The Bertz CT molecular complexity index is 370. The molecule has 0 unspecified atom stereocenters. The highest BCUT2D eigenvalue weighted by Crippen LogP contribution is 2.36. The van der Waals surface area contributed by atoms with Crippen molar-refractivity contribution >= 4 is 11.8 Å². The molecule has 1 aromatic heterocycles. The Labute approximate surface area is 112 Å². The molecule has 1 aromatic rings. The van der Waals surface area contributed by atoms with Crippen LogP contribution in [0.5, 0.6) is 0 Å². The van der Waals surface area contributed by atoms with Crippen LogP contribution in [0.3, 0.4) is 0 Å². The molecule has 1 saturated heterocycles. The number of hydrogen-bond acceptors (Lipinski definition) is 5. The van der Waals surface area contributed by atoms with Crippen molar-refractivity contribution in [3.05, 3.63) is 0 Å². The zero-order chi connectivity index (χ0) is 12.2. The first kappa shape index (κ1) is 12.4.